The summed E-state index contributed by atoms with van der Waals surface area (Å²) in [4.78, 5) is 10.6. The van der Waals surface area contributed by atoms with E-state index in [9.17, 15) is 10.1 Å². The van der Waals surface area contributed by atoms with Crippen LogP contribution in [0.2, 0.25) is 0 Å². The van der Waals surface area contributed by atoms with Gasteiger partial charge in [0.25, 0.3) is 5.69 Å². The fourth-order valence-electron chi connectivity index (χ4n) is 2.49. The Morgan fingerprint density at radius 1 is 1.29 bits per heavy atom. The fourth-order valence-corrected chi connectivity index (χ4v) is 2.49. The highest BCUT2D eigenvalue weighted by atomic mass is 16.6. The molecular formula is C13H18N2O2. The topological polar surface area (TPSA) is 55.2 Å². The number of hydrogen-bond donors (Lipinski definition) is 1. The van der Waals surface area contributed by atoms with E-state index in [-0.39, 0.29) is 10.6 Å². The van der Waals surface area contributed by atoms with Crippen LogP contribution >= 0.6 is 0 Å². The lowest BCUT2D eigenvalue weighted by atomic mass is 9.86. The molecule has 1 aromatic carbocycles. The van der Waals surface area contributed by atoms with Crippen LogP contribution in [0.4, 0.5) is 11.4 Å². The van der Waals surface area contributed by atoms with Gasteiger partial charge >= 0.3 is 0 Å². The van der Waals surface area contributed by atoms with Crippen molar-refractivity contribution in [2.45, 2.75) is 38.6 Å². The van der Waals surface area contributed by atoms with Gasteiger partial charge in [-0.25, -0.2) is 0 Å². The average Bonchev–Trinajstić information content (AvgIpc) is 2.32. The van der Waals surface area contributed by atoms with E-state index < -0.39 is 0 Å². The smallest absolute Gasteiger partial charge is 0.292 e. The highest BCUT2D eigenvalue weighted by molar-refractivity contribution is 5.61. The molecule has 0 amide bonds. The second-order valence-corrected chi connectivity index (χ2v) is 4.79. The van der Waals surface area contributed by atoms with E-state index in [0.29, 0.717) is 17.6 Å². The Kier molecular flexibility index (Phi) is 3.61. The first-order valence-corrected chi connectivity index (χ1v) is 6.18. The Bertz CT molecular complexity index is 406. The van der Waals surface area contributed by atoms with E-state index in [1.54, 1.807) is 18.2 Å². The third-order valence-corrected chi connectivity index (χ3v) is 3.55. The molecule has 92 valence electrons. The zero-order valence-electron chi connectivity index (χ0n) is 10.1. The lowest BCUT2D eigenvalue weighted by Crippen LogP contribution is -2.30. The molecule has 0 radical (unpaired) electrons. The SMILES string of the molecule is C[C@H]1CCCC[C@@H]1Nc1ccccc1[N+](=O)[O-]. The summed E-state index contributed by atoms with van der Waals surface area (Å²) in [5, 5.41) is 14.2. The Labute approximate surface area is 101 Å². The summed E-state index contributed by atoms with van der Waals surface area (Å²) in [6, 6.07) is 7.25. The predicted octanol–water partition coefficient (Wildman–Crippen LogP) is 3.59. The Hall–Kier alpha value is -1.58. The summed E-state index contributed by atoms with van der Waals surface area (Å²) in [7, 11) is 0. The van der Waals surface area contributed by atoms with Gasteiger partial charge in [-0.3, -0.25) is 10.1 Å². The zero-order chi connectivity index (χ0) is 12.3. The standard InChI is InChI=1S/C13H18N2O2/c1-10-6-2-3-7-11(10)14-12-8-4-5-9-13(12)15(16)17/h4-5,8-11,14H,2-3,6-7H2,1H3/t10-,11-/m0/s1. The van der Waals surface area contributed by atoms with Gasteiger partial charge in [0.05, 0.1) is 4.92 Å². The number of benzene rings is 1. The largest absolute Gasteiger partial charge is 0.376 e. The van der Waals surface area contributed by atoms with E-state index >= 15 is 0 Å². The van der Waals surface area contributed by atoms with E-state index in [1.807, 2.05) is 6.07 Å². The lowest BCUT2D eigenvalue weighted by Gasteiger charge is -2.30. The summed E-state index contributed by atoms with van der Waals surface area (Å²) in [5.41, 5.74) is 0.821. The van der Waals surface area contributed by atoms with Crippen LogP contribution in [0, 0.1) is 16.0 Å². The Balaban J connectivity index is 2.14. The minimum Gasteiger partial charge on any atom is -0.376 e. The van der Waals surface area contributed by atoms with Crippen molar-refractivity contribution in [3.8, 4) is 0 Å². The van der Waals surface area contributed by atoms with Crippen LogP contribution in [-0.2, 0) is 0 Å². The number of nitrogens with one attached hydrogen (secondary N) is 1. The van der Waals surface area contributed by atoms with Crippen LogP contribution in [0.15, 0.2) is 24.3 Å². The number of nitro benzene ring substituents is 1. The van der Waals surface area contributed by atoms with Crippen LogP contribution in [0.3, 0.4) is 0 Å². The van der Waals surface area contributed by atoms with E-state index in [4.69, 9.17) is 0 Å². The molecule has 2 atom stereocenters. The monoisotopic (exact) mass is 234 g/mol. The van der Waals surface area contributed by atoms with Crippen molar-refractivity contribution < 1.29 is 4.92 Å². The summed E-state index contributed by atoms with van der Waals surface area (Å²) in [6.45, 7) is 2.21. The van der Waals surface area contributed by atoms with Crippen LogP contribution in [-0.4, -0.2) is 11.0 Å². The van der Waals surface area contributed by atoms with Crippen molar-refractivity contribution in [1.82, 2.24) is 0 Å². The molecule has 17 heavy (non-hydrogen) atoms. The molecule has 4 nitrogen and oxygen atoms in total. The maximum Gasteiger partial charge on any atom is 0.292 e. The molecule has 1 aliphatic rings. The second-order valence-electron chi connectivity index (χ2n) is 4.79. The third-order valence-electron chi connectivity index (χ3n) is 3.55. The molecule has 0 saturated heterocycles. The molecule has 1 aliphatic carbocycles. The van der Waals surface area contributed by atoms with Gasteiger partial charge in [-0.1, -0.05) is 31.9 Å². The second kappa shape index (κ2) is 5.17. The third kappa shape index (κ3) is 2.75. The molecule has 1 fully saturated rings. The maximum absolute atomic E-state index is 10.9. The lowest BCUT2D eigenvalue weighted by molar-refractivity contribution is -0.384. The number of hydrogen-bond acceptors (Lipinski definition) is 3. The molecule has 0 spiro atoms. The molecule has 4 heteroatoms. The van der Waals surface area contributed by atoms with Gasteiger partial charge in [-0.05, 0) is 24.8 Å². The minimum absolute atomic E-state index is 0.172. The van der Waals surface area contributed by atoms with Crippen molar-refractivity contribution >= 4 is 11.4 Å². The van der Waals surface area contributed by atoms with Gasteiger partial charge in [0.2, 0.25) is 0 Å². The van der Waals surface area contributed by atoms with Crippen molar-refractivity contribution in [3.05, 3.63) is 34.4 Å². The average molecular weight is 234 g/mol. The van der Waals surface area contributed by atoms with Crippen LogP contribution in [0.5, 0.6) is 0 Å². The fraction of sp³-hybridized carbons (Fsp3) is 0.538. The number of rotatable bonds is 3. The van der Waals surface area contributed by atoms with E-state index in [1.165, 1.54) is 19.3 Å². The molecule has 0 heterocycles. The molecule has 0 bridgehead atoms. The molecule has 2 rings (SSSR count). The number of anilines is 1. The quantitative estimate of drug-likeness (QED) is 0.642. The first-order chi connectivity index (χ1) is 8.18. The number of nitrogens with zero attached hydrogens (tertiary/aromatic N) is 1. The molecule has 0 unspecified atom stereocenters. The molecular weight excluding hydrogens is 216 g/mol. The van der Waals surface area contributed by atoms with Gasteiger partial charge in [0, 0.05) is 12.1 Å². The number of para-hydroxylation sites is 2. The molecule has 1 aromatic rings. The highest BCUT2D eigenvalue weighted by Gasteiger charge is 2.23. The Morgan fingerprint density at radius 2 is 2.00 bits per heavy atom. The summed E-state index contributed by atoms with van der Waals surface area (Å²) in [5.74, 6) is 0.587. The van der Waals surface area contributed by atoms with Crippen molar-refractivity contribution in [2.24, 2.45) is 5.92 Å². The van der Waals surface area contributed by atoms with Gasteiger partial charge in [0.1, 0.15) is 5.69 Å². The van der Waals surface area contributed by atoms with Crippen LogP contribution in [0.25, 0.3) is 0 Å². The highest BCUT2D eigenvalue weighted by Crippen LogP contribution is 2.30. The summed E-state index contributed by atoms with van der Waals surface area (Å²) in [6.07, 6.45) is 4.80. The van der Waals surface area contributed by atoms with Gasteiger partial charge in [-0.15, -0.1) is 0 Å². The minimum atomic E-state index is -0.324. The van der Waals surface area contributed by atoms with Gasteiger partial charge in [0.15, 0.2) is 0 Å². The molecule has 1 N–H and O–H groups in total. The van der Waals surface area contributed by atoms with Crippen molar-refractivity contribution in [3.63, 3.8) is 0 Å². The van der Waals surface area contributed by atoms with E-state index in [0.717, 1.165) is 6.42 Å². The summed E-state index contributed by atoms with van der Waals surface area (Å²) < 4.78 is 0. The first-order valence-electron chi connectivity index (χ1n) is 6.18. The predicted molar refractivity (Wildman–Crippen MR) is 68.1 cm³/mol. The van der Waals surface area contributed by atoms with Crippen molar-refractivity contribution in [2.75, 3.05) is 5.32 Å². The van der Waals surface area contributed by atoms with E-state index in [2.05, 4.69) is 12.2 Å². The first kappa shape index (κ1) is 11.9. The van der Waals surface area contributed by atoms with Crippen molar-refractivity contribution in [1.29, 1.82) is 0 Å². The Morgan fingerprint density at radius 3 is 2.71 bits per heavy atom. The van der Waals surface area contributed by atoms with Crippen LogP contribution in [0.1, 0.15) is 32.6 Å². The molecule has 1 saturated carbocycles. The van der Waals surface area contributed by atoms with Gasteiger partial charge < -0.3 is 5.32 Å². The maximum atomic E-state index is 10.9. The summed E-state index contributed by atoms with van der Waals surface area (Å²) >= 11 is 0. The van der Waals surface area contributed by atoms with Crippen LogP contribution < -0.4 is 5.32 Å². The number of nitro groups is 1. The normalized spacial score (nSPS) is 24.3. The molecule has 0 aliphatic heterocycles. The zero-order valence-corrected chi connectivity index (χ0v) is 10.1. The van der Waals surface area contributed by atoms with Gasteiger partial charge in [-0.2, -0.15) is 0 Å². The molecule has 0 aromatic heterocycles.